The van der Waals surface area contributed by atoms with E-state index in [4.69, 9.17) is 0 Å². The molecule has 2 aromatic rings. The fourth-order valence-corrected chi connectivity index (χ4v) is 2.50. The Morgan fingerprint density at radius 3 is 1.88 bits per heavy atom. The summed E-state index contributed by atoms with van der Waals surface area (Å²) in [5, 5.41) is 35.9. The van der Waals surface area contributed by atoms with Gasteiger partial charge in [-0.3, -0.25) is 30.3 Å². The molecule has 10 nitrogen and oxygen atoms in total. The van der Waals surface area contributed by atoms with Crippen LogP contribution in [-0.4, -0.2) is 14.8 Å². The zero-order valence-corrected chi connectivity index (χ0v) is 13.6. The number of nitro benzene ring substituents is 3. The number of anilines is 2. The van der Waals surface area contributed by atoms with Gasteiger partial charge in [-0.2, -0.15) is 0 Å². The Bertz CT molecular complexity index is 835. The van der Waals surface area contributed by atoms with Gasteiger partial charge in [-0.25, -0.2) is 0 Å². The molecular weight excluding hydrogens is 388 g/mol. The number of hydrogen-bond acceptors (Lipinski definition) is 7. The van der Waals surface area contributed by atoms with E-state index in [0.29, 0.717) is 23.4 Å². The first-order valence-electron chi connectivity index (χ1n) is 6.35. The third-order valence-electron chi connectivity index (χ3n) is 3.13. The van der Waals surface area contributed by atoms with Crippen LogP contribution in [0, 0.1) is 37.3 Å². The van der Waals surface area contributed by atoms with Crippen LogP contribution >= 0.6 is 15.9 Å². The van der Waals surface area contributed by atoms with E-state index in [-0.39, 0.29) is 0 Å². The molecule has 124 valence electrons. The minimum Gasteiger partial charge on any atom is -0.344 e. The minimum atomic E-state index is -0.922. The lowest BCUT2D eigenvalue weighted by Gasteiger charge is -2.10. The normalized spacial score (nSPS) is 10.2. The highest BCUT2D eigenvalue weighted by molar-refractivity contribution is 9.10. The SMILES string of the molecule is Cc1cc(Br)ccc1Nc1c([N+](=O)[O-])cc([N+](=O)[O-])cc1[N+](=O)[O-]. The Morgan fingerprint density at radius 1 is 0.917 bits per heavy atom. The van der Waals surface area contributed by atoms with Crippen molar-refractivity contribution in [2.75, 3.05) is 5.32 Å². The number of halogens is 1. The van der Waals surface area contributed by atoms with Crippen molar-refractivity contribution < 1.29 is 14.8 Å². The summed E-state index contributed by atoms with van der Waals surface area (Å²) in [5.41, 5.74) is -1.58. The van der Waals surface area contributed by atoms with E-state index in [0.717, 1.165) is 4.47 Å². The third-order valence-corrected chi connectivity index (χ3v) is 3.63. The molecule has 0 aliphatic rings. The van der Waals surface area contributed by atoms with Gasteiger partial charge in [-0.05, 0) is 30.7 Å². The first-order valence-corrected chi connectivity index (χ1v) is 7.14. The summed E-state index contributed by atoms with van der Waals surface area (Å²) in [6, 6.07) is 6.31. The van der Waals surface area contributed by atoms with Gasteiger partial charge in [0.15, 0.2) is 5.69 Å². The highest BCUT2D eigenvalue weighted by Gasteiger charge is 2.30. The quantitative estimate of drug-likeness (QED) is 0.588. The number of aryl methyl sites for hydroxylation is 1. The predicted molar refractivity (Wildman–Crippen MR) is 88.6 cm³/mol. The van der Waals surface area contributed by atoms with E-state index in [9.17, 15) is 30.3 Å². The number of non-ortho nitro benzene ring substituents is 1. The van der Waals surface area contributed by atoms with E-state index >= 15 is 0 Å². The molecule has 0 bridgehead atoms. The zero-order valence-electron chi connectivity index (χ0n) is 12.1. The van der Waals surface area contributed by atoms with Gasteiger partial charge in [0, 0.05) is 10.2 Å². The van der Waals surface area contributed by atoms with Crippen LogP contribution in [0.5, 0.6) is 0 Å². The second-order valence-electron chi connectivity index (χ2n) is 4.71. The summed E-state index contributed by atoms with van der Waals surface area (Å²) < 4.78 is 0.762. The zero-order chi connectivity index (χ0) is 18.0. The Balaban J connectivity index is 2.68. The second-order valence-corrected chi connectivity index (χ2v) is 5.63. The molecule has 2 aromatic carbocycles. The smallest absolute Gasteiger partial charge is 0.306 e. The van der Waals surface area contributed by atoms with Gasteiger partial charge in [0.25, 0.3) is 5.69 Å². The van der Waals surface area contributed by atoms with Crippen LogP contribution in [0.4, 0.5) is 28.4 Å². The fraction of sp³-hybridized carbons (Fsp3) is 0.0769. The second kappa shape index (κ2) is 6.58. The maximum atomic E-state index is 11.2. The minimum absolute atomic E-state index is 0.401. The number of rotatable bonds is 5. The standard InChI is InChI=1S/C13H9BrN4O6/c1-7-4-8(14)2-3-10(7)15-13-11(17(21)22)5-9(16(19)20)6-12(13)18(23)24/h2-6,15H,1H3. The molecule has 2 rings (SSSR count). The summed E-state index contributed by atoms with van der Waals surface area (Å²) in [7, 11) is 0. The maximum Gasteiger partial charge on any atom is 0.306 e. The van der Waals surface area contributed by atoms with Gasteiger partial charge in [0.1, 0.15) is 0 Å². The monoisotopic (exact) mass is 396 g/mol. The Morgan fingerprint density at radius 2 is 1.46 bits per heavy atom. The molecule has 0 aliphatic heterocycles. The lowest BCUT2D eigenvalue weighted by atomic mass is 10.1. The summed E-state index contributed by atoms with van der Waals surface area (Å²) in [6.45, 7) is 1.70. The van der Waals surface area contributed by atoms with E-state index in [2.05, 4.69) is 21.2 Å². The molecule has 0 aromatic heterocycles. The summed E-state index contributed by atoms with van der Waals surface area (Å²) in [5.74, 6) is 0. The lowest BCUT2D eigenvalue weighted by Crippen LogP contribution is -2.04. The summed E-state index contributed by atoms with van der Waals surface area (Å²) in [6.07, 6.45) is 0. The van der Waals surface area contributed by atoms with Crippen molar-refractivity contribution in [3.8, 4) is 0 Å². The molecule has 0 fully saturated rings. The van der Waals surface area contributed by atoms with Crippen molar-refractivity contribution in [1.82, 2.24) is 0 Å². The highest BCUT2D eigenvalue weighted by Crippen LogP contribution is 2.40. The highest BCUT2D eigenvalue weighted by atomic mass is 79.9. The molecule has 11 heteroatoms. The van der Waals surface area contributed by atoms with E-state index in [1.54, 1.807) is 25.1 Å². The van der Waals surface area contributed by atoms with Crippen LogP contribution in [0.25, 0.3) is 0 Å². The van der Waals surface area contributed by atoms with Crippen LogP contribution in [0.15, 0.2) is 34.8 Å². The Kier molecular flexibility index (Phi) is 4.74. The Labute approximate surface area is 142 Å². The van der Waals surface area contributed by atoms with Gasteiger partial charge in [-0.1, -0.05) is 15.9 Å². The summed E-state index contributed by atoms with van der Waals surface area (Å²) in [4.78, 5) is 30.5. The van der Waals surface area contributed by atoms with E-state index < -0.39 is 37.5 Å². The van der Waals surface area contributed by atoms with Crippen LogP contribution in [0.1, 0.15) is 5.56 Å². The number of hydrogen-bond donors (Lipinski definition) is 1. The molecule has 0 atom stereocenters. The topological polar surface area (TPSA) is 141 Å². The van der Waals surface area contributed by atoms with Gasteiger partial charge >= 0.3 is 11.4 Å². The maximum absolute atomic E-state index is 11.2. The first-order chi connectivity index (χ1) is 11.2. The van der Waals surface area contributed by atoms with E-state index in [1.807, 2.05) is 0 Å². The lowest BCUT2D eigenvalue weighted by molar-refractivity contribution is -0.401. The molecule has 24 heavy (non-hydrogen) atoms. The first kappa shape index (κ1) is 17.3. The van der Waals surface area contributed by atoms with Crippen molar-refractivity contribution in [2.24, 2.45) is 0 Å². The Hall–Kier alpha value is -3.08. The van der Waals surface area contributed by atoms with Gasteiger partial charge < -0.3 is 5.32 Å². The number of nitro groups is 3. The number of nitrogens with zero attached hydrogens (tertiary/aromatic N) is 3. The molecule has 0 heterocycles. The predicted octanol–water partition coefficient (Wildman–Crippen LogP) is 4.23. The van der Waals surface area contributed by atoms with Crippen LogP contribution < -0.4 is 5.32 Å². The molecule has 0 amide bonds. The fourth-order valence-electron chi connectivity index (χ4n) is 2.02. The van der Waals surface area contributed by atoms with Crippen molar-refractivity contribution in [3.63, 3.8) is 0 Å². The molecule has 0 saturated carbocycles. The van der Waals surface area contributed by atoms with Gasteiger partial charge in [0.2, 0.25) is 0 Å². The van der Waals surface area contributed by atoms with Gasteiger partial charge in [-0.15, -0.1) is 0 Å². The van der Waals surface area contributed by atoms with Crippen LogP contribution in [0.2, 0.25) is 0 Å². The van der Waals surface area contributed by atoms with E-state index in [1.165, 1.54) is 0 Å². The van der Waals surface area contributed by atoms with Crippen LogP contribution in [0.3, 0.4) is 0 Å². The summed E-state index contributed by atoms with van der Waals surface area (Å²) >= 11 is 3.26. The number of nitrogens with one attached hydrogen (secondary N) is 1. The van der Waals surface area contributed by atoms with Crippen molar-refractivity contribution in [1.29, 1.82) is 0 Å². The average molecular weight is 397 g/mol. The molecule has 0 unspecified atom stereocenters. The number of benzene rings is 2. The molecule has 0 spiro atoms. The van der Waals surface area contributed by atoms with Crippen molar-refractivity contribution >= 4 is 44.4 Å². The van der Waals surface area contributed by atoms with Gasteiger partial charge in [0.05, 0.1) is 26.9 Å². The molecule has 0 radical (unpaired) electrons. The molecule has 1 N–H and O–H groups in total. The molecular formula is C13H9BrN4O6. The van der Waals surface area contributed by atoms with Crippen molar-refractivity contribution in [3.05, 3.63) is 70.7 Å². The molecule has 0 aliphatic carbocycles. The average Bonchev–Trinajstić information content (AvgIpc) is 2.49. The third kappa shape index (κ3) is 3.46. The molecule has 0 saturated heterocycles. The van der Waals surface area contributed by atoms with Crippen LogP contribution in [-0.2, 0) is 0 Å². The largest absolute Gasteiger partial charge is 0.344 e. The van der Waals surface area contributed by atoms with Crippen molar-refractivity contribution in [2.45, 2.75) is 6.92 Å².